The van der Waals surface area contributed by atoms with Crippen molar-refractivity contribution in [3.05, 3.63) is 0 Å². The molecule has 0 aliphatic rings. The number of nitrogens with two attached hydrogens (primary N) is 5. The van der Waals surface area contributed by atoms with Crippen molar-refractivity contribution in [1.82, 2.24) is 0 Å². The van der Waals surface area contributed by atoms with Crippen LogP contribution in [0, 0.1) is 35.5 Å². The molecule has 0 aromatic rings. The van der Waals surface area contributed by atoms with Gasteiger partial charge in [0.2, 0.25) is 29.5 Å². The molecule has 5 atom stereocenters. The Morgan fingerprint density at radius 1 is 0.622 bits per heavy atom. The summed E-state index contributed by atoms with van der Waals surface area (Å²) in [5, 5.41) is 16.9. The lowest BCUT2D eigenvalue weighted by Gasteiger charge is -2.09. The minimum absolute atomic E-state index is 0.00926. The van der Waals surface area contributed by atoms with Crippen LogP contribution in [-0.2, 0) is 24.0 Å². The minimum Gasteiger partial charge on any atom is -0.396 e. The van der Waals surface area contributed by atoms with Crippen molar-refractivity contribution in [3.8, 4) is 0 Å². The Balaban J connectivity index is -0.000000117. The van der Waals surface area contributed by atoms with E-state index in [9.17, 15) is 24.0 Å². The number of primary amides is 5. The molecule has 37 heavy (non-hydrogen) atoms. The van der Waals surface area contributed by atoms with Crippen molar-refractivity contribution < 1.29 is 34.2 Å². The molecule has 0 bridgehead atoms. The highest BCUT2D eigenvalue weighted by molar-refractivity contribution is 5.77. The van der Waals surface area contributed by atoms with Crippen LogP contribution in [0.15, 0.2) is 0 Å². The molecule has 0 rings (SSSR count). The number of aliphatic hydroxyl groups is 2. The fourth-order valence-corrected chi connectivity index (χ4v) is 1.48. The molecule has 5 amide bonds. The number of hydrogen-bond donors (Lipinski definition) is 7. The Bertz CT molecular complexity index is 617. The van der Waals surface area contributed by atoms with Gasteiger partial charge in [-0.25, -0.2) is 0 Å². The Kier molecular flexibility index (Phi) is 31.5. The van der Waals surface area contributed by atoms with E-state index in [-0.39, 0.29) is 36.2 Å². The first-order chi connectivity index (χ1) is 16.6. The van der Waals surface area contributed by atoms with Gasteiger partial charge >= 0.3 is 0 Å². The summed E-state index contributed by atoms with van der Waals surface area (Å²) in [6, 6.07) is 0. The fraction of sp³-hybridized carbons (Fsp3) is 0.800. The molecule has 12 N–H and O–H groups in total. The summed E-state index contributed by atoms with van der Waals surface area (Å²) in [5.74, 6) is -1.42. The fourth-order valence-electron chi connectivity index (χ4n) is 1.48. The maximum Gasteiger partial charge on any atom is 0.222 e. The summed E-state index contributed by atoms with van der Waals surface area (Å²) in [4.78, 5) is 50.6. The molecule has 0 fully saturated rings. The van der Waals surface area contributed by atoms with Crippen molar-refractivity contribution in [2.24, 2.45) is 64.2 Å². The van der Waals surface area contributed by atoms with E-state index in [1.807, 2.05) is 27.7 Å². The summed E-state index contributed by atoms with van der Waals surface area (Å²) in [6.07, 6.45) is 0.711. The first-order valence-corrected chi connectivity index (χ1v) is 12.3. The topological polar surface area (TPSA) is 256 Å². The molecule has 5 unspecified atom stereocenters. The van der Waals surface area contributed by atoms with E-state index >= 15 is 0 Å². The van der Waals surface area contributed by atoms with Crippen LogP contribution in [0.2, 0.25) is 0 Å². The molecule has 0 aromatic carbocycles. The number of aliphatic hydroxyl groups excluding tert-OH is 2. The van der Waals surface area contributed by atoms with Crippen molar-refractivity contribution in [2.45, 2.75) is 88.2 Å². The third-order valence-electron chi connectivity index (χ3n) is 5.04. The average molecular weight is 538 g/mol. The van der Waals surface area contributed by atoms with Crippen LogP contribution in [-0.4, -0.2) is 52.5 Å². The van der Waals surface area contributed by atoms with E-state index in [4.69, 9.17) is 33.1 Å². The standard InChI is InChI=1S/C7H15NO.C6H13NO.C5H11NO2.C4H9NO2.C3H7NO/c1-5(2)4-6(3)7(8)9;1-4(2)5(3)6(7)8;1-3(4(2)7)5(6)8;1-3(2-6)4(5)7;1-2-3(4)5/h5-6H,4H2,1-3H3,(H2,8,9);4-5H,1-3H3,(H2,7,8);3-4,7H,1-2H3,(H2,6,8);3,6H,2H2,1H3,(H2,5,7);2H2,1H3,(H2,4,5). The van der Waals surface area contributed by atoms with Crippen LogP contribution in [0.3, 0.4) is 0 Å². The summed E-state index contributed by atoms with van der Waals surface area (Å²) in [6.45, 7) is 18.1. The van der Waals surface area contributed by atoms with Crippen molar-refractivity contribution in [3.63, 3.8) is 0 Å². The highest BCUT2D eigenvalue weighted by atomic mass is 16.3. The van der Waals surface area contributed by atoms with Gasteiger partial charge in [0.1, 0.15) is 0 Å². The molecule has 0 aliphatic heterocycles. The van der Waals surface area contributed by atoms with Crippen LogP contribution >= 0.6 is 0 Å². The largest absolute Gasteiger partial charge is 0.396 e. The normalized spacial score (nSPS) is 13.7. The van der Waals surface area contributed by atoms with E-state index in [1.165, 1.54) is 6.92 Å². The first kappa shape index (κ1) is 44.3. The quantitative estimate of drug-likeness (QED) is 0.206. The van der Waals surface area contributed by atoms with Gasteiger partial charge in [-0.3, -0.25) is 24.0 Å². The maximum atomic E-state index is 10.5. The molecule has 12 heteroatoms. The third-order valence-corrected chi connectivity index (χ3v) is 5.04. The highest BCUT2D eigenvalue weighted by Gasteiger charge is 2.13. The van der Waals surface area contributed by atoms with Gasteiger partial charge < -0.3 is 38.9 Å². The zero-order valence-electron chi connectivity index (χ0n) is 24.5. The number of rotatable bonds is 10. The summed E-state index contributed by atoms with van der Waals surface area (Å²) < 4.78 is 0. The lowest BCUT2D eigenvalue weighted by atomic mass is 9.98. The van der Waals surface area contributed by atoms with Gasteiger partial charge in [0.25, 0.3) is 0 Å². The maximum absolute atomic E-state index is 10.5. The second-order valence-electron chi connectivity index (χ2n) is 9.61. The van der Waals surface area contributed by atoms with Gasteiger partial charge in [0.05, 0.1) is 24.5 Å². The van der Waals surface area contributed by atoms with E-state index in [2.05, 4.69) is 19.6 Å². The van der Waals surface area contributed by atoms with Crippen LogP contribution in [0.4, 0.5) is 0 Å². The van der Waals surface area contributed by atoms with Gasteiger partial charge in [-0.15, -0.1) is 0 Å². The van der Waals surface area contributed by atoms with Crippen LogP contribution in [0.1, 0.15) is 82.1 Å². The monoisotopic (exact) mass is 537 g/mol. The summed E-state index contributed by atoms with van der Waals surface area (Å²) in [5.41, 5.74) is 24.3. The zero-order valence-corrected chi connectivity index (χ0v) is 24.5. The van der Waals surface area contributed by atoms with Gasteiger partial charge in [0, 0.05) is 18.3 Å². The first-order valence-electron chi connectivity index (χ1n) is 12.3. The second kappa shape index (κ2) is 26.3. The van der Waals surface area contributed by atoms with Gasteiger partial charge in [-0.2, -0.15) is 0 Å². The van der Waals surface area contributed by atoms with E-state index in [0.29, 0.717) is 18.3 Å². The summed E-state index contributed by atoms with van der Waals surface area (Å²) in [7, 11) is 0. The minimum atomic E-state index is -0.632. The van der Waals surface area contributed by atoms with Crippen molar-refractivity contribution >= 4 is 29.5 Å². The molecule has 0 heterocycles. The Hall–Kier alpha value is -2.73. The predicted octanol–water partition coefficient (Wildman–Crippen LogP) is 0.388. The molecule has 0 aliphatic carbocycles. The van der Waals surface area contributed by atoms with Crippen LogP contribution < -0.4 is 28.7 Å². The highest BCUT2D eigenvalue weighted by Crippen LogP contribution is 2.09. The molecule has 0 radical (unpaired) electrons. The van der Waals surface area contributed by atoms with Crippen molar-refractivity contribution in [1.29, 1.82) is 0 Å². The smallest absolute Gasteiger partial charge is 0.222 e. The number of carbonyl (C=O) groups excluding carboxylic acids is 5. The van der Waals surface area contributed by atoms with Crippen LogP contribution in [0.25, 0.3) is 0 Å². The summed E-state index contributed by atoms with van der Waals surface area (Å²) >= 11 is 0. The van der Waals surface area contributed by atoms with Gasteiger partial charge in [0.15, 0.2) is 0 Å². The number of amides is 5. The van der Waals surface area contributed by atoms with Gasteiger partial charge in [-0.05, 0) is 25.2 Å². The predicted molar refractivity (Wildman–Crippen MR) is 146 cm³/mol. The third kappa shape index (κ3) is 38.0. The molecule has 0 aromatic heterocycles. The van der Waals surface area contributed by atoms with Crippen LogP contribution in [0.5, 0.6) is 0 Å². The molecule has 12 nitrogen and oxygen atoms in total. The zero-order chi connectivity index (χ0) is 31.0. The van der Waals surface area contributed by atoms with E-state index in [1.54, 1.807) is 20.8 Å². The van der Waals surface area contributed by atoms with Gasteiger partial charge in [-0.1, -0.05) is 62.3 Å². The molecule has 0 saturated heterocycles. The Morgan fingerprint density at radius 3 is 0.973 bits per heavy atom. The lowest BCUT2D eigenvalue weighted by molar-refractivity contribution is -0.124. The van der Waals surface area contributed by atoms with E-state index < -0.39 is 29.8 Å². The lowest BCUT2D eigenvalue weighted by Crippen LogP contribution is -2.28. The molecular weight excluding hydrogens is 482 g/mol. The SMILES string of the molecule is CC(C)C(C)C(N)=O.CC(C)CC(C)C(N)=O.CC(CO)C(N)=O.CC(O)C(C)C(N)=O.CCC(N)=O. The van der Waals surface area contributed by atoms with Crippen molar-refractivity contribution in [2.75, 3.05) is 6.61 Å². The number of hydrogen-bond acceptors (Lipinski definition) is 7. The number of carbonyl (C=O) groups is 5. The Labute approximate surface area is 223 Å². The molecule has 222 valence electrons. The average Bonchev–Trinajstić information content (AvgIpc) is 2.77. The van der Waals surface area contributed by atoms with E-state index in [0.717, 1.165) is 6.42 Å². The molecule has 0 saturated carbocycles. The molecular formula is C25H55N5O7. The second-order valence-corrected chi connectivity index (χ2v) is 9.61. The Morgan fingerprint density at radius 2 is 0.946 bits per heavy atom. The molecule has 0 spiro atoms.